The maximum Gasteiger partial charge on any atom is 0.343 e. The number of anilines is 1. The lowest BCUT2D eigenvalue weighted by molar-refractivity contribution is 0.0734. The molecule has 2 amide bonds. The van der Waals surface area contributed by atoms with Crippen LogP contribution in [0.3, 0.4) is 0 Å². The molecule has 4 aromatic carbocycles. The van der Waals surface area contributed by atoms with Crippen LogP contribution in [0.4, 0.5) is 5.69 Å². The average Bonchev–Trinajstić information content (AvgIpc) is 2.94. The first kappa shape index (κ1) is 25.8. The molecule has 0 radical (unpaired) electrons. The second-order valence-electron chi connectivity index (χ2n) is 8.25. The highest BCUT2D eigenvalue weighted by Crippen LogP contribution is 2.18. The fourth-order valence-electron chi connectivity index (χ4n) is 3.40. The van der Waals surface area contributed by atoms with E-state index in [1.807, 2.05) is 19.1 Å². The van der Waals surface area contributed by atoms with Gasteiger partial charge < -0.3 is 14.8 Å². The summed E-state index contributed by atoms with van der Waals surface area (Å²) in [4.78, 5) is 37.4. The highest BCUT2D eigenvalue weighted by Gasteiger charge is 2.11. The van der Waals surface area contributed by atoms with Crippen molar-refractivity contribution in [1.29, 1.82) is 0 Å². The number of para-hydroxylation sites is 1. The van der Waals surface area contributed by atoms with Crippen molar-refractivity contribution in [2.75, 3.05) is 12.4 Å². The van der Waals surface area contributed by atoms with E-state index in [0.29, 0.717) is 39.4 Å². The van der Waals surface area contributed by atoms with Crippen LogP contribution in [0, 0.1) is 6.92 Å². The zero-order valence-electron chi connectivity index (χ0n) is 20.8. The maximum absolute atomic E-state index is 12.5. The molecule has 0 unspecified atom stereocenters. The van der Waals surface area contributed by atoms with Crippen LogP contribution >= 0.6 is 0 Å². The van der Waals surface area contributed by atoms with Gasteiger partial charge in [0.05, 0.1) is 18.9 Å². The molecule has 2 N–H and O–H groups in total. The number of hydrogen-bond acceptors (Lipinski definition) is 6. The summed E-state index contributed by atoms with van der Waals surface area (Å²) >= 11 is 0. The number of carbonyl (C=O) groups is 3. The number of benzene rings is 4. The summed E-state index contributed by atoms with van der Waals surface area (Å²) in [6.07, 6.45) is 1.40. The Morgan fingerprint density at radius 3 is 2.03 bits per heavy atom. The summed E-state index contributed by atoms with van der Waals surface area (Å²) in [5.74, 6) is -0.243. The van der Waals surface area contributed by atoms with Crippen molar-refractivity contribution in [1.82, 2.24) is 5.43 Å². The van der Waals surface area contributed by atoms with Gasteiger partial charge in [-0.05, 0) is 79.7 Å². The van der Waals surface area contributed by atoms with Gasteiger partial charge in [0.25, 0.3) is 11.8 Å². The lowest BCUT2D eigenvalue weighted by Crippen LogP contribution is -2.18. The second kappa shape index (κ2) is 12.1. The van der Waals surface area contributed by atoms with Crippen LogP contribution in [0.25, 0.3) is 0 Å². The minimum atomic E-state index is -0.492. The first-order chi connectivity index (χ1) is 18.4. The van der Waals surface area contributed by atoms with Gasteiger partial charge in [0.1, 0.15) is 11.5 Å². The SMILES string of the molecule is COc1ccc(C(=O)Nc2ccc(C(=O)N/N=C\c3ccccc3OC(=O)c3ccc(C)cc3)cc2)cc1. The lowest BCUT2D eigenvalue weighted by Gasteiger charge is -2.08. The Kier molecular flexibility index (Phi) is 8.25. The quantitative estimate of drug-likeness (QED) is 0.147. The molecule has 0 aliphatic heterocycles. The topological polar surface area (TPSA) is 106 Å². The van der Waals surface area contributed by atoms with Gasteiger partial charge in [-0.2, -0.15) is 5.10 Å². The Balaban J connectivity index is 1.34. The Labute approximate surface area is 219 Å². The molecule has 0 aliphatic carbocycles. The third-order valence-electron chi connectivity index (χ3n) is 5.54. The molecule has 4 rings (SSSR count). The molecule has 8 nitrogen and oxygen atoms in total. The molecule has 8 heteroatoms. The zero-order valence-corrected chi connectivity index (χ0v) is 20.8. The van der Waals surface area contributed by atoms with Crippen molar-refractivity contribution in [3.05, 3.63) is 125 Å². The van der Waals surface area contributed by atoms with Crippen LogP contribution in [0.1, 0.15) is 42.2 Å². The lowest BCUT2D eigenvalue weighted by atomic mass is 10.1. The highest BCUT2D eigenvalue weighted by molar-refractivity contribution is 6.04. The number of nitrogens with zero attached hydrogens (tertiary/aromatic N) is 1. The molecule has 0 aliphatic rings. The van der Waals surface area contributed by atoms with E-state index in [1.54, 1.807) is 92.0 Å². The van der Waals surface area contributed by atoms with E-state index in [2.05, 4.69) is 15.8 Å². The summed E-state index contributed by atoms with van der Waals surface area (Å²) in [5.41, 5.74) is 5.81. The smallest absolute Gasteiger partial charge is 0.343 e. The summed E-state index contributed by atoms with van der Waals surface area (Å²) in [5, 5.41) is 6.78. The van der Waals surface area contributed by atoms with Gasteiger partial charge in [-0.1, -0.05) is 29.8 Å². The first-order valence-electron chi connectivity index (χ1n) is 11.7. The number of esters is 1. The third kappa shape index (κ3) is 6.70. The van der Waals surface area contributed by atoms with Gasteiger partial charge in [-0.25, -0.2) is 10.2 Å². The summed E-state index contributed by atoms with van der Waals surface area (Å²) in [6, 6.07) is 27.1. The third-order valence-corrected chi connectivity index (χ3v) is 5.54. The molecule has 0 spiro atoms. The van der Waals surface area contributed by atoms with Gasteiger partial charge in [-0.15, -0.1) is 0 Å². The van der Waals surface area contributed by atoms with Gasteiger partial charge in [0.15, 0.2) is 0 Å². The van der Waals surface area contributed by atoms with Crippen LogP contribution in [0.5, 0.6) is 11.5 Å². The Hall–Kier alpha value is -5.24. The number of carbonyl (C=O) groups excluding carboxylic acids is 3. The van der Waals surface area contributed by atoms with E-state index in [1.165, 1.54) is 6.21 Å². The number of hydrogen-bond donors (Lipinski definition) is 2. The van der Waals surface area contributed by atoms with E-state index in [9.17, 15) is 14.4 Å². The Bertz CT molecular complexity index is 1460. The predicted octanol–water partition coefficient (Wildman–Crippen LogP) is 5.24. The molecule has 0 saturated carbocycles. The number of rotatable bonds is 8. The van der Waals surface area contributed by atoms with Crippen LogP contribution in [0.15, 0.2) is 102 Å². The Morgan fingerprint density at radius 1 is 0.737 bits per heavy atom. The molecule has 0 bridgehead atoms. The van der Waals surface area contributed by atoms with Crippen molar-refractivity contribution >= 4 is 29.7 Å². The fourth-order valence-corrected chi connectivity index (χ4v) is 3.40. The van der Waals surface area contributed by atoms with Crippen molar-refractivity contribution in [3.8, 4) is 11.5 Å². The number of aryl methyl sites for hydroxylation is 1. The standard InChI is InChI=1S/C30H25N3O5/c1-20-7-9-23(10-8-20)30(36)38-27-6-4-3-5-24(27)19-31-33-29(35)22-11-15-25(16-12-22)32-28(34)21-13-17-26(37-2)18-14-21/h3-19H,1-2H3,(H,32,34)(H,33,35)/b31-19-. The zero-order chi connectivity index (χ0) is 26.9. The van der Waals surface area contributed by atoms with Crippen LogP contribution in [-0.4, -0.2) is 31.1 Å². The molecule has 38 heavy (non-hydrogen) atoms. The van der Waals surface area contributed by atoms with Crippen LogP contribution in [0.2, 0.25) is 0 Å². The van der Waals surface area contributed by atoms with Gasteiger partial charge in [0.2, 0.25) is 0 Å². The van der Waals surface area contributed by atoms with E-state index in [0.717, 1.165) is 5.56 Å². The normalized spacial score (nSPS) is 10.6. The minimum absolute atomic E-state index is 0.281. The molecule has 0 saturated heterocycles. The molecular formula is C30H25N3O5. The van der Waals surface area contributed by atoms with Gasteiger partial charge in [-0.3, -0.25) is 9.59 Å². The van der Waals surface area contributed by atoms with Crippen molar-refractivity contribution < 1.29 is 23.9 Å². The number of nitrogens with one attached hydrogen (secondary N) is 2. The summed E-state index contributed by atoms with van der Waals surface area (Å²) < 4.78 is 10.6. The Morgan fingerprint density at radius 2 is 1.34 bits per heavy atom. The van der Waals surface area contributed by atoms with Crippen LogP contribution in [-0.2, 0) is 0 Å². The molecule has 0 fully saturated rings. The molecule has 0 atom stereocenters. The van der Waals surface area contributed by atoms with E-state index >= 15 is 0 Å². The number of amides is 2. The molecule has 190 valence electrons. The largest absolute Gasteiger partial charge is 0.497 e. The number of ether oxygens (including phenoxy) is 2. The monoisotopic (exact) mass is 507 g/mol. The van der Waals surface area contributed by atoms with E-state index < -0.39 is 11.9 Å². The number of methoxy groups -OCH3 is 1. The van der Waals surface area contributed by atoms with Gasteiger partial charge >= 0.3 is 5.97 Å². The van der Waals surface area contributed by atoms with E-state index in [-0.39, 0.29) is 5.91 Å². The number of hydrazone groups is 1. The van der Waals surface area contributed by atoms with Crippen molar-refractivity contribution in [2.45, 2.75) is 6.92 Å². The highest BCUT2D eigenvalue weighted by atomic mass is 16.5. The molecule has 0 heterocycles. The fraction of sp³-hybridized carbons (Fsp3) is 0.0667. The molecule has 0 aromatic heterocycles. The maximum atomic E-state index is 12.5. The van der Waals surface area contributed by atoms with Crippen molar-refractivity contribution in [3.63, 3.8) is 0 Å². The van der Waals surface area contributed by atoms with E-state index in [4.69, 9.17) is 9.47 Å². The molecular weight excluding hydrogens is 482 g/mol. The molecule has 4 aromatic rings. The minimum Gasteiger partial charge on any atom is -0.497 e. The summed E-state index contributed by atoms with van der Waals surface area (Å²) in [7, 11) is 1.56. The van der Waals surface area contributed by atoms with Gasteiger partial charge in [0, 0.05) is 22.4 Å². The predicted molar refractivity (Wildman–Crippen MR) is 145 cm³/mol. The second-order valence-corrected chi connectivity index (χ2v) is 8.25. The average molecular weight is 508 g/mol. The van der Waals surface area contributed by atoms with Crippen LogP contribution < -0.4 is 20.2 Å². The summed E-state index contributed by atoms with van der Waals surface area (Å²) in [6.45, 7) is 1.94. The van der Waals surface area contributed by atoms with Crippen molar-refractivity contribution in [2.24, 2.45) is 5.10 Å². The first-order valence-corrected chi connectivity index (χ1v) is 11.7.